The maximum Gasteiger partial charge on any atom is 0.104 e. The summed E-state index contributed by atoms with van der Waals surface area (Å²) >= 11 is 1.73. The summed E-state index contributed by atoms with van der Waals surface area (Å²) in [6, 6.07) is 5.94. The molecule has 2 aromatic rings. The molecule has 0 fully saturated rings. The zero-order valence-electron chi connectivity index (χ0n) is 8.66. The standard InChI is InChI=1S/C11H14N2S/c1-11(2,3)10-13-9-7(12)5-4-6-8(9)14-10/h4-6H,12H2,1-3H3. The Hall–Kier alpha value is -1.09. The molecule has 74 valence electrons. The average Bonchev–Trinajstić information content (AvgIpc) is 2.48. The van der Waals surface area contributed by atoms with Gasteiger partial charge in [-0.1, -0.05) is 26.8 Å². The van der Waals surface area contributed by atoms with Crippen molar-refractivity contribution in [3.05, 3.63) is 23.2 Å². The molecule has 14 heavy (non-hydrogen) atoms. The minimum Gasteiger partial charge on any atom is -0.397 e. The third-order valence-corrected chi connectivity index (χ3v) is 3.54. The van der Waals surface area contributed by atoms with Gasteiger partial charge in [-0.2, -0.15) is 0 Å². The SMILES string of the molecule is CC(C)(C)c1nc2c(N)cccc2s1. The van der Waals surface area contributed by atoms with E-state index in [-0.39, 0.29) is 5.41 Å². The number of rotatable bonds is 0. The Morgan fingerprint density at radius 3 is 2.57 bits per heavy atom. The molecule has 0 radical (unpaired) electrons. The molecule has 0 aliphatic carbocycles. The van der Waals surface area contributed by atoms with Gasteiger partial charge in [0.05, 0.1) is 15.4 Å². The highest BCUT2D eigenvalue weighted by Crippen LogP contribution is 2.33. The molecule has 1 heterocycles. The number of para-hydroxylation sites is 1. The summed E-state index contributed by atoms with van der Waals surface area (Å²) in [4.78, 5) is 4.58. The number of anilines is 1. The lowest BCUT2D eigenvalue weighted by molar-refractivity contribution is 0.587. The molecule has 0 saturated heterocycles. The predicted molar refractivity (Wildman–Crippen MR) is 62.7 cm³/mol. The van der Waals surface area contributed by atoms with Crippen molar-refractivity contribution in [2.24, 2.45) is 0 Å². The van der Waals surface area contributed by atoms with Crippen molar-refractivity contribution in [3.63, 3.8) is 0 Å². The van der Waals surface area contributed by atoms with Crippen molar-refractivity contribution in [1.29, 1.82) is 0 Å². The number of aromatic nitrogens is 1. The number of fused-ring (bicyclic) bond motifs is 1. The molecule has 0 aliphatic heterocycles. The van der Waals surface area contributed by atoms with Gasteiger partial charge in [0.2, 0.25) is 0 Å². The second-order valence-corrected chi connectivity index (χ2v) is 5.49. The van der Waals surface area contributed by atoms with Gasteiger partial charge in [-0.3, -0.25) is 0 Å². The number of benzene rings is 1. The first-order valence-corrected chi connectivity index (χ1v) is 5.45. The topological polar surface area (TPSA) is 38.9 Å². The third-order valence-electron chi connectivity index (χ3n) is 2.09. The molecule has 2 rings (SSSR count). The van der Waals surface area contributed by atoms with Crippen LogP contribution >= 0.6 is 11.3 Å². The second kappa shape index (κ2) is 2.95. The van der Waals surface area contributed by atoms with Gasteiger partial charge in [-0.05, 0) is 12.1 Å². The van der Waals surface area contributed by atoms with Crippen LogP contribution in [0.2, 0.25) is 0 Å². The van der Waals surface area contributed by atoms with Crippen LogP contribution in [-0.2, 0) is 5.41 Å². The van der Waals surface area contributed by atoms with Crippen LogP contribution in [0.25, 0.3) is 10.2 Å². The van der Waals surface area contributed by atoms with Gasteiger partial charge in [0.1, 0.15) is 5.52 Å². The minimum atomic E-state index is 0.107. The highest BCUT2D eigenvalue weighted by Gasteiger charge is 2.19. The normalized spacial score (nSPS) is 12.2. The summed E-state index contributed by atoms with van der Waals surface area (Å²) in [5.74, 6) is 0. The summed E-state index contributed by atoms with van der Waals surface area (Å²) in [6.45, 7) is 6.50. The van der Waals surface area contributed by atoms with Crippen molar-refractivity contribution in [3.8, 4) is 0 Å². The fourth-order valence-corrected chi connectivity index (χ4v) is 2.35. The van der Waals surface area contributed by atoms with Gasteiger partial charge in [-0.15, -0.1) is 11.3 Å². The van der Waals surface area contributed by atoms with Crippen molar-refractivity contribution >= 4 is 27.2 Å². The highest BCUT2D eigenvalue weighted by molar-refractivity contribution is 7.18. The molecular formula is C11H14N2S. The molecule has 2 nitrogen and oxygen atoms in total. The van der Waals surface area contributed by atoms with Crippen LogP contribution in [0, 0.1) is 0 Å². The molecule has 0 unspecified atom stereocenters. The lowest BCUT2D eigenvalue weighted by atomic mass is 9.98. The molecule has 1 aromatic carbocycles. The number of nitrogens with two attached hydrogens (primary N) is 1. The molecule has 0 bridgehead atoms. The summed E-state index contributed by atoms with van der Waals surface area (Å²) in [7, 11) is 0. The molecule has 0 aliphatic rings. The van der Waals surface area contributed by atoms with E-state index in [1.54, 1.807) is 11.3 Å². The van der Waals surface area contributed by atoms with Crippen LogP contribution in [-0.4, -0.2) is 4.98 Å². The maximum absolute atomic E-state index is 5.86. The van der Waals surface area contributed by atoms with Crippen LogP contribution in [0.5, 0.6) is 0 Å². The van der Waals surface area contributed by atoms with Gasteiger partial charge in [0.25, 0.3) is 0 Å². The quantitative estimate of drug-likeness (QED) is 0.672. The van der Waals surface area contributed by atoms with Crippen LogP contribution in [0.4, 0.5) is 5.69 Å². The minimum absolute atomic E-state index is 0.107. The number of thiazole rings is 1. The summed E-state index contributed by atoms with van der Waals surface area (Å²) in [5.41, 5.74) is 7.68. The Bertz CT molecular complexity index is 466. The Morgan fingerprint density at radius 2 is 2.00 bits per heavy atom. The van der Waals surface area contributed by atoms with Gasteiger partial charge in [-0.25, -0.2) is 4.98 Å². The van der Waals surface area contributed by atoms with Crippen molar-refractivity contribution in [1.82, 2.24) is 4.98 Å². The molecule has 0 amide bonds. The molecule has 0 saturated carbocycles. The first-order chi connectivity index (χ1) is 6.48. The average molecular weight is 206 g/mol. The zero-order valence-corrected chi connectivity index (χ0v) is 9.48. The highest BCUT2D eigenvalue weighted by atomic mass is 32.1. The molecule has 3 heteroatoms. The van der Waals surface area contributed by atoms with Gasteiger partial charge in [0, 0.05) is 5.41 Å². The van der Waals surface area contributed by atoms with Gasteiger partial charge >= 0.3 is 0 Å². The van der Waals surface area contributed by atoms with Crippen LogP contribution in [0.3, 0.4) is 0 Å². The monoisotopic (exact) mass is 206 g/mol. The molecule has 0 atom stereocenters. The molecule has 0 spiro atoms. The Kier molecular flexibility index (Phi) is 2.00. The number of hydrogen-bond donors (Lipinski definition) is 1. The van der Waals surface area contributed by atoms with E-state index in [4.69, 9.17) is 5.73 Å². The van der Waals surface area contributed by atoms with Crippen LogP contribution < -0.4 is 5.73 Å². The largest absolute Gasteiger partial charge is 0.397 e. The maximum atomic E-state index is 5.86. The van der Waals surface area contributed by atoms with E-state index in [0.717, 1.165) is 16.2 Å². The van der Waals surface area contributed by atoms with Gasteiger partial charge in [0.15, 0.2) is 0 Å². The Labute approximate surface area is 87.8 Å². The van der Waals surface area contributed by atoms with E-state index in [2.05, 4.69) is 31.8 Å². The summed E-state index contributed by atoms with van der Waals surface area (Å²) in [5, 5.41) is 1.14. The smallest absolute Gasteiger partial charge is 0.104 e. The third kappa shape index (κ3) is 1.48. The Morgan fingerprint density at radius 1 is 1.29 bits per heavy atom. The summed E-state index contributed by atoms with van der Waals surface area (Å²) < 4.78 is 1.18. The number of hydrogen-bond acceptors (Lipinski definition) is 3. The van der Waals surface area contributed by atoms with E-state index in [1.165, 1.54) is 4.70 Å². The predicted octanol–water partition coefficient (Wildman–Crippen LogP) is 3.18. The van der Waals surface area contributed by atoms with E-state index in [1.807, 2.05) is 12.1 Å². The first-order valence-electron chi connectivity index (χ1n) is 4.64. The van der Waals surface area contributed by atoms with E-state index >= 15 is 0 Å². The molecular weight excluding hydrogens is 192 g/mol. The zero-order chi connectivity index (χ0) is 10.3. The summed E-state index contributed by atoms with van der Waals surface area (Å²) in [6.07, 6.45) is 0. The van der Waals surface area contributed by atoms with Crippen LogP contribution in [0.15, 0.2) is 18.2 Å². The number of nitrogens with zero attached hydrogens (tertiary/aromatic N) is 1. The van der Waals surface area contributed by atoms with Gasteiger partial charge < -0.3 is 5.73 Å². The van der Waals surface area contributed by atoms with Crippen molar-refractivity contribution < 1.29 is 0 Å². The molecule has 1 aromatic heterocycles. The fourth-order valence-electron chi connectivity index (χ4n) is 1.29. The van der Waals surface area contributed by atoms with E-state index in [0.29, 0.717) is 0 Å². The van der Waals surface area contributed by atoms with E-state index < -0.39 is 0 Å². The first kappa shape index (κ1) is 9.46. The van der Waals surface area contributed by atoms with Crippen molar-refractivity contribution in [2.75, 3.05) is 5.73 Å². The second-order valence-electron chi connectivity index (χ2n) is 4.46. The lowest BCUT2D eigenvalue weighted by Crippen LogP contribution is -2.09. The fraction of sp³-hybridized carbons (Fsp3) is 0.364. The molecule has 2 N–H and O–H groups in total. The lowest BCUT2D eigenvalue weighted by Gasteiger charge is -2.13. The van der Waals surface area contributed by atoms with Crippen molar-refractivity contribution in [2.45, 2.75) is 26.2 Å². The van der Waals surface area contributed by atoms with E-state index in [9.17, 15) is 0 Å². The Balaban J connectivity index is 2.69. The van der Waals surface area contributed by atoms with Crippen LogP contribution in [0.1, 0.15) is 25.8 Å². The number of nitrogen functional groups attached to an aromatic ring is 1.